The minimum atomic E-state index is 1.02. The molecular weight excluding hydrogens is 273 g/mol. The SMILES string of the molecule is CC[Se][Se][Se]C. The molecule has 0 nitrogen and oxygen atoms in total. The van der Waals surface area contributed by atoms with Crippen molar-refractivity contribution < 1.29 is 0 Å². The average molecular weight is 281 g/mol. The van der Waals surface area contributed by atoms with E-state index in [-0.39, 0.29) is 0 Å². The molecule has 0 heterocycles. The zero-order chi connectivity index (χ0) is 4.83. The van der Waals surface area contributed by atoms with Gasteiger partial charge in [0.1, 0.15) is 0 Å². The van der Waals surface area contributed by atoms with E-state index in [1.54, 1.807) is 0 Å². The van der Waals surface area contributed by atoms with E-state index in [0.717, 1.165) is 37.6 Å². The van der Waals surface area contributed by atoms with Crippen molar-refractivity contribution in [2.75, 3.05) is 0 Å². The molecule has 0 aromatic heterocycles. The van der Waals surface area contributed by atoms with Crippen LogP contribution in [0.15, 0.2) is 0 Å². The van der Waals surface area contributed by atoms with Gasteiger partial charge in [0.2, 0.25) is 0 Å². The third-order valence-electron chi connectivity index (χ3n) is 0.234. The fourth-order valence-electron chi connectivity index (χ4n) is 0.0962. The molecule has 0 radical (unpaired) electrons. The summed E-state index contributed by atoms with van der Waals surface area (Å²) in [6.07, 6.45) is 0. The summed E-state index contributed by atoms with van der Waals surface area (Å²) in [7, 11) is 0. The third kappa shape index (κ3) is 5.56. The molecule has 0 aliphatic carbocycles. The second kappa shape index (κ2) is 6.56. The van der Waals surface area contributed by atoms with E-state index in [4.69, 9.17) is 0 Å². The van der Waals surface area contributed by atoms with Gasteiger partial charge in [-0.1, -0.05) is 0 Å². The van der Waals surface area contributed by atoms with Gasteiger partial charge in [-0.15, -0.1) is 0 Å². The number of hydrogen-bond donors (Lipinski definition) is 0. The van der Waals surface area contributed by atoms with Gasteiger partial charge in [-0.05, 0) is 0 Å². The Labute approximate surface area is 55.4 Å². The van der Waals surface area contributed by atoms with Gasteiger partial charge in [-0.3, -0.25) is 0 Å². The van der Waals surface area contributed by atoms with Gasteiger partial charge < -0.3 is 0 Å². The predicted molar refractivity (Wildman–Crippen MR) is 33.6 cm³/mol. The third-order valence-corrected chi connectivity index (χ3v) is 19.5. The molecule has 3 heteroatoms. The van der Waals surface area contributed by atoms with E-state index in [1.807, 2.05) is 0 Å². The number of hydrogen-bond acceptors (Lipinski definition) is 0. The molecule has 0 saturated heterocycles. The van der Waals surface area contributed by atoms with Crippen molar-refractivity contribution in [3.8, 4) is 0 Å². The van der Waals surface area contributed by atoms with Gasteiger partial charge >= 0.3 is 55.6 Å². The van der Waals surface area contributed by atoms with E-state index in [9.17, 15) is 0 Å². The normalized spacial score (nSPS) is 9.00. The van der Waals surface area contributed by atoms with Crippen molar-refractivity contribution in [1.82, 2.24) is 0 Å². The van der Waals surface area contributed by atoms with Crippen LogP contribution in [-0.4, -0.2) is 37.6 Å². The first-order valence-electron chi connectivity index (χ1n) is 1.74. The number of rotatable bonds is 3. The first-order valence-corrected chi connectivity index (χ1v) is 13.3. The molecule has 0 N–H and O–H groups in total. The monoisotopic (exact) mass is 284 g/mol. The Morgan fingerprint density at radius 2 is 2.17 bits per heavy atom. The van der Waals surface area contributed by atoms with Gasteiger partial charge in [0.15, 0.2) is 0 Å². The summed E-state index contributed by atoms with van der Waals surface area (Å²) in [4.78, 5) is 0. The summed E-state index contributed by atoms with van der Waals surface area (Å²) in [5.74, 6) is 2.34. The Morgan fingerprint density at radius 3 is 2.33 bits per heavy atom. The van der Waals surface area contributed by atoms with Crippen molar-refractivity contribution in [3.05, 3.63) is 0 Å². The molecule has 0 atom stereocenters. The molecule has 0 saturated carbocycles. The van der Waals surface area contributed by atoms with Gasteiger partial charge in [0.05, 0.1) is 0 Å². The molecule has 0 bridgehead atoms. The Hall–Kier alpha value is 1.56. The van der Waals surface area contributed by atoms with Crippen LogP contribution in [0.5, 0.6) is 0 Å². The summed E-state index contributed by atoms with van der Waals surface area (Å²) in [5, 5.41) is 1.46. The summed E-state index contributed by atoms with van der Waals surface area (Å²) in [6.45, 7) is 2.29. The second-order valence-electron chi connectivity index (χ2n) is 0.641. The van der Waals surface area contributed by atoms with Gasteiger partial charge in [0.25, 0.3) is 0 Å². The molecule has 0 unspecified atom stereocenters. The van der Waals surface area contributed by atoms with Crippen LogP contribution in [0, 0.1) is 0 Å². The Bertz CT molecular complexity index is 18.0. The van der Waals surface area contributed by atoms with Crippen LogP contribution in [0.1, 0.15) is 6.92 Å². The first-order chi connectivity index (χ1) is 2.91. The van der Waals surface area contributed by atoms with Crippen molar-refractivity contribution in [2.24, 2.45) is 0 Å². The average Bonchev–Trinajstić information content (AvgIpc) is 1.61. The maximum atomic E-state index is 2.34. The molecule has 0 aromatic rings. The summed E-state index contributed by atoms with van der Waals surface area (Å²) in [6, 6.07) is 0. The summed E-state index contributed by atoms with van der Waals surface area (Å²) >= 11 is 3.17. The first kappa shape index (κ1) is 7.56. The van der Waals surface area contributed by atoms with Crippen LogP contribution in [0.25, 0.3) is 0 Å². The Kier molecular flexibility index (Phi) is 8.26. The molecule has 38 valence electrons. The van der Waals surface area contributed by atoms with Crippen molar-refractivity contribution in [3.63, 3.8) is 0 Å². The van der Waals surface area contributed by atoms with Crippen molar-refractivity contribution in [1.29, 1.82) is 0 Å². The minimum absolute atomic E-state index is 1.02. The molecule has 0 aromatic carbocycles. The predicted octanol–water partition coefficient (Wildman–Crippen LogP) is 0.415. The molecule has 6 heavy (non-hydrogen) atoms. The Balaban J connectivity index is 2.34. The fraction of sp³-hybridized carbons (Fsp3) is 1.00. The Morgan fingerprint density at radius 1 is 1.50 bits per heavy atom. The van der Waals surface area contributed by atoms with Gasteiger partial charge in [-0.25, -0.2) is 0 Å². The van der Waals surface area contributed by atoms with Crippen LogP contribution in [0.4, 0.5) is 0 Å². The van der Waals surface area contributed by atoms with Crippen LogP contribution >= 0.6 is 0 Å². The van der Waals surface area contributed by atoms with E-state index >= 15 is 0 Å². The maximum absolute atomic E-state index is 2.34. The van der Waals surface area contributed by atoms with Crippen molar-refractivity contribution >= 4 is 37.6 Å². The second-order valence-corrected chi connectivity index (χ2v) is 18.7. The molecule has 0 amide bonds. The van der Waals surface area contributed by atoms with Crippen LogP contribution < -0.4 is 0 Å². The summed E-state index contributed by atoms with van der Waals surface area (Å²) in [5.41, 5.74) is 0. The topological polar surface area (TPSA) is 0 Å². The summed E-state index contributed by atoms with van der Waals surface area (Å²) < 4.78 is 0. The van der Waals surface area contributed by atoms with E-state index in [2.05, 4.69) is 12.7 Å². The van der Waals surface area contributed by atoms with Crippen LogP contribution in [-0.2, 0) is 0 Å². The molecule has 0 rings (SSSR count). The van der Waals surface area contributed by atoms with Crippen molar-refractivity contribution in [2.45, 2.75) is 18.1 Å². The molecule has 0 spiro atoms. The molecule has 0 fully saturated rings. The standard InChI is InChI=1S/C3H8Se3/c1-3-5-6-4-2/h3H2,1-2H3. The van der Waals surface area contributed by atoms with E-state index < -0.39 is 0 Å². The fourth-order valence-corrected chi connectivity index (χ4v) is 13.5. The van der Waals surface area contributed by atoms with Crippen LogP contribution in [0.2, 0.25) is 11.1 Å². The van der Waals surface area contributed by atoms with E-state index in [0.29, 0.717) is 0 Å². The van der Waals surface area contributed by atoms with Crippen LogP contribution in [0.3, 0.4) is 0 Å². The zero-order valence-electron chi connectivity index (χ0n) is 3.93. The van der Waals surface area contributed by atoms with Gasteiger partial charge in [0, 0.05) is 0 Å². The van der Waals surface area contributed by atoms with Gasteiger partial charge in [-0.2, -0.15) is 0 Å². The zero-order valence-corrected chi connectivity index (χ0v) is 9.07. The molecule has 0 aliphatic heterocycles. The quantitative estimate of drug-likeness (QED) is 0.519. The van der Waals surface area contributed by atoms with E-state index in [1.165, 1.54) is 5.32 Å². The molecule has 0 aliphatic rings. The molecular formula is C3H8Se3.